The lowest BCUT2D eigenvalue weighted by atomic mass is 10.0. The van der Waals surface area contributed by atoms with Crippen molar-refractivity contribution in [3.8, 4) is 11.1 Å². The summed E-state index contributed by atoms with van der Waals surface area (Å²) in [5, 5.41) is 5.37. The van der Waals surface area contributed by atoms with Crippen LogP contribution in [0.25, 0.3) is 21.3 Å². The first kappa shape index (κ1) is 19.1. The molecule has 0 spiro atoms. The number of fused-ring (bicyclic) bond motifs is 1. The van der Waals surface area contributed by atoms with Gasteiger partial charge in [-0.2, -0.15) is 0 Å². The summed E-state index contributed by atoms with van der Waals surface area (Å²) in [6.45, 7) is 5.72. The second kappa shape index (κ2) is 7.64. The molecular weight excluding hydrogens is 382 g/mol. The van der Waals surface area contributed by atoms with Crippen LogP contribution in [0.15, 0.2) is 65.0 Å². The molecule has 1 atom stereocenters. The molecule has 1 N–H and O–H groups in total. The SMILES string of the molecule is Cc1ccc(NC(=O)C(C)n2cnc3scc(-c4ccc(C)cc4)c3c2=O)cc1. The zero-order chi connectivity index (χ0) is 20.5. The Bertz CT molecular complexity index is 1240. The molecular formula is C23H21N3O2S. The van der Waals surface area contributed by atoms with Crippen LogP contribution in [0, 0.1) is 13.8 Å². The molecule has 0 aliphatic carbocycles. The zero-order valence-electron chi connectivity index (χ0n) is 16.5. The van der Waals surface area contributed by atoms with Crippen molar-refractivity contribution in [2.24, 2.45) is 0 Å². The number of hydrogen-bond acceptors (Lipinski definition) is 4. The summed E-state index contributed by atoms with van der Waals surface area (Å²) in [5.74, 6) is -0.260. The van der Waals surface area contributed by atoms with E-state index in [9.17, 15) is 9.59 Å². The van der Waals surface area contributed by atoms with Crippen LogP contribution < -0.4 is 10.9 Å². The number of carbonyl (C=O) groups is 1. The highest BCUT2D eigenvalue weighted by Gasteiger charge is 2.20. The first-order valence-electron chi connectivity index (χ1n) is 9.37. The van der Waals surface area contributed by atoms with Crippen LogP contribution in [-0.2, 0) is 4.79 Å². The minimum atomic E-state index is -0.688. The van der Waals surface area contributed by atoms with Crippen LogP contribution in [0.2, 0.25) is 0 Å². The van der Waals surface area contributed by atoms with Gasteiger partial charge in [0.1, 0.15) is 10.9 Å². The quantitative estimate of drug-likeness (QED) is 0.525. The second-order valence-electron chi connectivity index (χ2n) is 7.18. The van der Waals surface area contributed by atoms with Crippen LogP contribution in [0.4, 0.5) is 5.69 Å². The fourth-order valence-electron chi connectivity index (χ4n) is 3.18. The number of aryl methyl sites for hydroxylation is 2. The molecule has 4 aromatic rings. The first-order chi connectivity index (χ1) is 13.9. The maximum Gasteiger partial charge on any atom is 0.263 e. The Morgan fingerprint density at radius 3 is 2.31 bits per heavy atom. The monoisotopic (exact) mass is 403 g/mol. The van der Waals surface area contributed by atoms with Crippen molar-refractivity contribution in [3.05, 3.63) is 81.7 Å². The number of benzene rings is 2. The highest BCUT2D eigenvalue weighted by molar-refractivity contribution is 7.17. The normalized spacial score (nSPS) is 12.1. The highest BCUT2D eigenvalue weighted by Crippen LogP contribution is 2.31. The average Bonchev–Trinajstić information content (AvgIpc) is 3.15. The lowest BCUT2D eigenvalue weighted by Gasteiger charge is -2.15. The number of nitrogens with zero attached hydrogens (tertiary/aromatic N) is 2. The van der Waals surface area contributed by atoms with Crippen molar-refractivity contribution in [1.29, 1.82) is 0 Å². The van der Waals surface area contributed by atoms with Crippen molar-refractivity contribution in [2.75, 3.05) is 5.32 Å². The molecule has 5 nitrogen and oxygen atoms in total. The molecule has 6 heteroatoms. The maximum absolute atomic E-state index is 13.2. The zero-order valence-corrected chi connectivity index (χ0v) is 17.3. The second-order valence-corrected chi connectivity index (χ2v) is 8.04. The Morgan fingerprint density at radius 2 is 1.66 bits per heavy atom. The fraction of sp³-hybridized carbons (Fsp3) is 0.174. The average molecular weight is 404 g/mol. The Morgan fingerprint density at radius 1 is 1.03 bits per heavy atom. The fourth-order valence-corrected chi connectivity index (χ4v) is 4.08. The van der Waals surface area contributed by atoms with Gasteiger partial charge >= 0.3 is 0 Å². The standard InChI is InChI=1S/C23H21N3O2S/c1-14-4-8-17(9-5-14)19-12-29-22-20(19)23(28)26(13-24-22)16(3)21(27)25-18-10-6-15(2)7-11-18/h4-13,16H,1-3H3,(H,25,27). The smallest absolute Gasteiger partial charge is 0.263 e. The Hall–Kier alpha value is -3.25. The molecule has 0 aliphatic heterocycles. The number of amides is 1. The number of hydrogen-bond donors (Lipinski definition) is 1. The van der Waals surface area contributed by atoms with E-state index in [2.05, 4.69) is 10.3 Å². The van der Waals surface area contributed by atoms with E-state index in [-0.39, 0.29) is 11.5 Å². The van der Waals surface area contributed by atoms with Crippen LogP contribution in [0.1, 0.15) is 24.1 Å². The van der Waals surface area contributed by atoms with Gasteiger partial charge in [0.05, 0.1) is 11.7 Å². The molecule has 0 saturated carbocycles. The number of carbonyl (C=O) groups excluding carboxylic acids is 1. The Labute approximate surface area is 172 Å². The number of thiophene rings is 1. The van der Waals surface area contributed by atoms with Crippen LogP contribution in [0.5, 0.6) is 0 Å². The van der Waals surface area contributed by atoms with E-state index in [0.29, 0.717) is 15.9 Å². The number of aromatic nitrogens is 2. The van der Waals surface area contributed by atoms with Crippen LogP contribution >= 0.6 is 11.3 Å². The minimum absolute atomic E-state index is 0.210. The lowest BCUT2D eigenvalue weighted by molar-refractivity contribution is -0.118. The van der Waals surface area contributed by atoms with E-state index in [1.54, 1.807) is 6.92 Å². The third-order valence-electron chi connectivity index (χ3n) is 5.00. The molecule has 2 aromatic heterocycles. The van der Waals surface area contributed by atoms with Crippen molar-refractivity contribution in [1.82, 2.24) is 9.55 Å². The van der Waals surface area contributed by atoms with Crippen molar-refractivity contribution < 1.29 is 4.79 Å². The van der Waals surface area contributed by atoms with Gasteiger partial charge in [-0.3, -0.25) is 14.2 Å². The van der Waals surface area contributed by atoms with Gasteiger partial charge in [0.15, 0.2) is 0 Å². The molecule has 0 fully saturated rings. The predicted molar refractivity (Wildman–Crippen MR) is 119 cm³/mol. The number of anilines is 1. The van der Waals surface area contributed by atoms with E-state index in [4.69, 9.17) is 0 Å². The molecule has 0 aliphatic rings. The summed E-state index contributed by atoms with van der Waals surface area (Å²) >= 11 is 1.43. The minimum Gasteiger partial charge on any atom is -0.324 e. The van der Waals surface area contributed by atoms with Gasteiger partial charge in [-0.1, -0.05) is 47.5 Å². The summed E-state index contributed by atoms with van der Waals surface area (Å²) in [6.07, 6.45) is 1.46. The van der Waals surface area contributed by atoms with Crippen molar-refractivity contribution in [2.45, 2.75) is 26.8 Å². The number of nitrogens with one attached hydrogen (secondary N) is 1. The van der Waals surface area contributed by atoms with Gasteiger partial charge in [0.2, 0.25) is 5.91 Å². The molecule has 4 rings (SSSR count). The molecule has 146 valence electrons. The summed E-state index contributed by atoms with van der Waals surface area (Å²) < 4.78 is 1.40. The molecule has 29 heavy (non-hydrogen) atoms. The summed E-state index contributed by atoms with van der Waals surface area (Å²) in [5.41, 5.74) is 4.58. The summed E-state index contributed by atoms with van der Waals surface area (Å²) in [4.78, 5) is 31.1. The van der Waals surface area contributed by atoms with Crippen LogP contribution in [-0.4, -0.2) is 15.5 Å². The van der Waals surface area contributed by atoms with E-state index in [1.807, 2.05) is 67.8 Å². The van der Waals surface area contributed by atoms with E-state index in [0.717, 1.165) is 22.3 Å². The lowest BCUT2D eigenvalue weighted by Crippen LogP contribution is -2.31. The molecule has 1 amide bonds. The van der Waals surface area contributed by atoms with Gasteiger partial charge in [0.25, 0.3) is 5.56 Å². The van der Waals surface area contributed by atoms with Crippen molar-refractivity contribution in [3.63, 3.8) is 0 Å². The third kappa shape index (κ3) is 3.71. The van der Waals surface area contributed by atoms with Crippen LogP contribution in [0.3, 0.4) is 0 Å². The Kier molecular flexibility index (Phi) is 5.03. The largest absolute Gasteiger partial charge is 0.324 e. The molecule has 2 aromatic carbocycles. The van der Waals surface area contributed by atoms with E-state index in [1.165, 1.54) is 22.2 Å². The molecule has 2 heterocycles. The first-order valence-corrected chi connectivity index (χ1v) is 10.2. The van der Waals surface area contributed by atoms with Gasteiger partial charge in [-0.25, -0.2) is 4.98 Å². The molecule has 0 saturated heterocycles. The number of rotatable bonds is 4. The van der Waals surface area contributed by atoms with E-state index >= 15 is 0 Å². The molecule has 1 unspecified atom stereocenters. The summed E-state index contributed by atoms with van der Waals surface area (Å²) in [6, 6.07) is 14.9. The van der Waals surface area contributed by atoms with Gasteiger partial charge in [0, 0.05) is 16.6 Å². The molecule has 0 radical (unpaired) electrons. The van der Waals surface area contributed by atoms with Crippen molar-refractivity contribution >= 4 is 33.1 Å². The van der Waals surface area contributed by atoms with Gasteiger partial charge in [-0.15, -0.1) is 11.3 Å². The van der Waals surface area contributed by atoms with Gasteiger partial charge < -0.3 is 5.32 Å². The van der Waals surface area contributed by atoms with E-state index < -0.39 is 6.04 Å². The molecule has 0 bridgehead atoms. The highest BCUT2D eigenvalue weighted by atomic mass is 32.1. The summed E-state index contributed by atoms with van der Waals surface area (Å²) in [7, 11) is 0. The predicted octanol–water partition coefficient (Wildman–Crippen LogP) is 4.94. The topological polar surface area (TPSA) is 64.0 Å². The van der Waals surface area contributed by atoms with Gasteiger partial charge in [-0.05, 0) is 38.5 Å². The third-order valence-corrected chi connectivity index (χ3v) is 5.88. The maximum atomic E-state index is 13.2. The Balaban J connectivity index is 1.70.